The molecule has 3 aromatic rings. The Morgan fingerprint density at radius 2 is 1.43 bits per heavy atom. The molecule has 0 amide bonds. The van der Waals surface area contributed by atoms with Crippen LogP contribution in [0.2, 0.25) is 0 Å². The van der Waals surface area contributed by atoms with Crippen molar-refractivity contribution < 1.29 is 0 Å². The molecule has 0 N–H and O–H groups in total. The van der Waals surface area contributed by atoms with Crippen LogP contribution in [0.5, 0.6) is 0 Å². The van der Waals surface area contributed by atoms with E-state index in [1.807, 2.05) is 6.20 Å². The molecule has 0 radical (unpaired) electrons. The summed E-state index contributed by atoms with van der Waals surface area (Å²) in [6.45, 7) is 4.36. The second-order valence-electron chi connectivity index (χ2n) is 9.97. The molecule has 28 heavy (non-hydrogen) atoms. The highest BCUT2D eigenvalue weighted by atomic mass is 14.7. The van der Waals surface area contributed by atoms with Crippen molar-refractivity contribution in [3.05, 3.63) is 65.4 Å². The van der Waals surface area contributed by atoms with Gasteiger partial charge in [-0.1, -0.05) is 29.3 Å². The normalized spacial score (nSPS) is 30.9. The van der Waals surface area contributed by atoms with Crippen LogP contribution in [0.15, 0.2) is 48.7 Å². The van der Waals surface area contributed by atoms with Gasteiger partial charge in [0, 0.05) is 17.1 Å². The Morgan fingerprint density at radius 1 is 0.750 bits per heavy atom. The third kappa shape index (κ3) is 2.63. The van der Waals surface area contributed by atoms with Gasteiger partial charge >= 0.3 is 0 Å². The van der Waals surface area contributed by atoms with Gasteiger partial charge in [0.05, 0.1) is 5.69 Å². The second kappa shape index (κ2) is 6.17. The van der Waals surface area contributed by atoms with Gasteiger partial charge in [0.25, 0.3) is 0 Å². The van der Waals surface area contributed by atoms with Crippen LogP contribution in [0, 0.1) is 37.5 Å². The number of hydrogen-bond donors (Lipinski definition) is 0. The molecule has 0 spiro atoms. The highest BCUT2D eigenvalue weighted by Gasteiger charge is 2.48. The number of aryl methyl sites for hydroxylation is 2. The van der Waals surface area contributed by atoms with E-state index in [2.05, 4.69) is 56.3 Å². The number of pyridine rings is 1. The first-order valence-electron chi connectivity index (χ1n) is 11.1. The molecular weight excluding hydrogens is 338 g/mol. The Bertz CT molecular complexity index is 1010. The number of hydrogen-bond acceptors (Lipinski definition) is 1. The van der Waals surface area contributed by atoms with Gasteiger partial charge in [-0.2, -0.15) is 0 Å². The van der Waals surface area contributed by atoms with E-state index in [-0.39, 0.29) is 0 Å². The van der Waals surface area contributed by atoms with E-state index < -0.39 is 0 Å². The number of aromatic nitrogens is 1. The lowest BCUT2D eigenvalue weighted by Gasteiger charge is -2.54. The molecule has 0 saturated heterocycles. The van der Waals surface area contributed by atoms with Crippen molar-refractivity contribution in [2.75, 3.05) is 0 Å². The van der Waals surface area contributed by atoms with Crippen molar-refractivity contribution >= 4 is 10.8 Å². The van der Waals surface area contributed by atoms with E-state index in [4.69, 9.17) is 4.98 Å². The zero-order valence-corrected chi connectivity index (χ0v) is 17.0. The highest BCUT2D eigenvalue weighted by Crippen LogP contribution is 2.59. The lowest BCUT2D eigenvalue weighted by molar-refractivity contribution is -0.00273. The van der Waals surface area contributed by atoms with Gasteiger partial charge in [-0.3, -0.25) is 4.98 Å². The Hall–Kier alpha value is -2.15. The second-order valence-corrected chi connectivity index (χ2v) is 9.97. The summed E-state index contributed by atoms with van der Waals surface area (Å²) in [5, 5.41) is 2.65. The summed E-state index contributed by atoms with van der Waals surface area (Å²) < 4.78 is 0. The van der Waals surface area contributed by atoms with Gasteiger partial charge < -0.3 is 0 Å². The molecule has 142 valence electrons. The van der Waals surface area contributed by atoms with Crippen LogP contribution in [-0.2, 0) is 0 Å². The Balaban J connectivity index is 1.48. The lowest BCUT2D eigenvalue weighted by atomic mass is 9.51. The minimum atomic E-state index is 0.782. The molecule has 1 heterocycles. The zero-order chi connectivity index (χ0) is 18.8. The number of benzene rings is 2. The van der Waals surface area contributed by atoms with Crippen molar-refractivity contribution in [2.45, 2.75) is 51.9 Å². The van der Waals surface area contributed by atoms with Crippen molar-refractivity contribution in [3.63, 3.8) is 0 Å². The van der Waals surface area contributed by atoms with Gasteiger partial charge in [-0.15, -0.1) is 0 Å². The van der Waals surface area contributed by atoms with Gasteiger partial charge in [-0.05, 0) is 111 Å². The van der Waals surface area contributed by atoms with Crippen molar-refractivity contribution in [1.82, 2.24) is 4.98 Å². The van der Waals surface area contributed by atoms with Crippen molar-refractivity contribution in [3.8, 4) is 11.3 Å². The zero-order valence-electron chi connectivity index (χ0n) is 17.0. The van der Waals surface area contributed by atoms with E-state index in [0.29, 0.717) is 0 Å². The van der Waals surface area contributed by atoms with Crippen LogP contribution in [-0.4, -0.2) is 4.98 Å². The Morgan fingerprint density at radius 3 is 2.11 bits per heavy atom. The quantitative estimate of drug-likeness (QED) is 0.472. The molecule has 0 unspecified atom stereocenters. The molecular formula is C27H29N. The van der Waals surface area contributed by atoms with Gasteiger partial charge in [0.1, 0.15) is 0 Å². The predicted octanol–water partition coefficient (Wildman–Crippen LogP) is 7.06. The maximum absolute atomic E-state index is 4.84. The standard InChI is InChI=1S/C27H29N/c1-16-7-17(2)9-24(8-16)27-25-15-21(4-3-20(25)5-6-28-27)26-22-11-18-10-19(13-22)14-23(26)12-18/h3-9,15,18-19,22-23,26H,10-14H2,1-2H3. The predicted molar refractivity (Wildman–Crippen MR) is 116 cm³/mol. The van der Waals surface area contributed by atoms with Gasteiger partial charge in [0.2, 0.25) is 0 Å². The van der Waals surface area contributed by atoms with Crippen LogP contribution in [0.25, 0.3) is 22.0 Å². The third-order valence-electron chi connectivity index (χ3n) is 7.90. The van der Waals surface area contributed by atoms with Gasteiger partial charge in [0.15, 0.2) is 0 Å². The average Bonchev–Trinajstić information content (AvgIpc) is 2.66. The van der Waals surface area contributed by atoms with Gasteiger partial charge in [-0.25, -0.2) is 0 Å². The Labute approximate surface area is 168 Å². The van der Waals surface area contributed by atoms with Crippen LogP contribution >= 0.6 is 0 Å². The maximum atomic E-state index is 4.84. The summed E-state index contributed by atoms with van der Waals surface area (Å²) in [5.41, 5.74) is 6.61. The highest BCUT2D eigenvalue weighted by molar-refractivity contribution is 5.95. The minimum Gasteiger partial charge on any atom is -0.256 e. The van der Waals surface area contributed by atoms with Crippen LogP contribution in [0.3, 0.4) is 0 Å². The van der Waals surface area contributed by atoms with Crippen LogP contribution in [0.4, 0.5) is 0 Å². The van der Waals surface area contributed by atoms with Crippen molar-refractivity contribution in [2.24, 2.45) is 23.7 Å². The lowest BCUT2D eigenvalue weighted by Crippen LogP contribution is -2.43. The molecule has 4 fully saturated rings. The van der Waals surface area contributed by atoms with E-state index in [1.54, 1.807) is 5.56 Å². The fourth-order valence-corrected chi connectivity index (χ4v) is 7.20. The van der Waals surface area contributed by atoms with Crippen molar-refractivity contribution in [1.29, 1.82) is 0 Å². The summed E-state index contributed by atoms with van der Waals surface area (Å²) in [7, 11) is 0. The SMILES string of the molecule is Cc1cc(C)cc(-c2nccc3ccc(C4C5CC6CC(C5)CC4C6)cc23)c1. The number of fused-ring (bicyclic) bond motifs is 1. The summed E-state index contributed by atoms with van der Waals surface area (Å²) in [4.78, 5) is 4.84. The fraction of sp³-hybridized carbons (Fsp3) is 0.444. The number of rotatable bonds is 2. The van der Waals surface area contributed by atoms with E-state index in [1.165, 1.54) is 59.6 Å². The molecule has 1 aromatic heterocycles. The largest absolute Gasteiger partial charge is 0.256 e. The summed E-state index contributed by atoms with van der Waals surface area (Å²) >= 11 is 0. The average molecular weight is 368 g/mol. The molecule has 0 aliphatic heterocycles. The minimum absolute atomic E-state index is 0.782. The van der Waals surface area contributed by atoms with Crippen LogP contribution in [0.1, 0.15) is 54.7 Å². The molecule has 1 heteroatoms. The summed E-state index contributed by atoms with van der Waals surface area (Å²) in [5.74, 6) is 4.70. The molecule has 0 atom stereocenters. The molecule has 4 aliphatic carbocycles. The first-order chi connectivity index (χ1) is 13.6. The molecule has 2 aromatic carbocycles. The Kier molecular flexibility index (Phi) is 3.70. The topological polar surface area (TPSA) is 12.9 Å². The summed E-state index contributed by atoms with van der Waals surface area (Å²) in [6.07, 6.45) is 9.41. The van der Waals surface area contributed by atoms with E-state index >= 15 is 0 Å². The fourth-order valence-electron chi connectivity index (χ4n) is 7.20. The van der Waals surface area contributed by atoms with E-state index in [0.717, 1.165) is 35.3 Å². The van der Waals surface area contributed by atoms with E-state index in [9.17, 15) is 0 Å². The van der Waals surface area contributed by atoms with Crippen LogP contribution < -0.4 is 0 Å². The first-order valence-corrected chi connectivity index (χ1v) is 11.1. The summed E-state index contributed by atoms with van der Waals surface area (Å²) in [6, 6.07) is 16.3. The number of nitrogens with zero attached hydrogens (tertiary/aromatic N) is 1. The third-order valence-corrected chi connectivity index (χ3v) is 7.90. The maximum Gasteiger partial charge on any atom is 0.0780 e. The molecule has 4 saturated carbocycles. The monoisotopic (exact) mass is 367 g/mol. The smallest absolute Gasteiger partial charge is 0.0780 e. The molecule has 4 aliphatic rings. The molecule has 4 bridgehead atoms. The molecule has 1 nitrogen and oxygen atoms in total. The molecule has 7 rings (SSSR count). The first kappa shape index (κ1) is 16.8.